The topological polar surface area (TPSA) is 126 Å². The fourth-order valence-corrected chi connectivity index (χ4v) is 7.47. The van der Waals surface area contributed by atoms with Crippen LogP contribution in [0.2, 0.25) is 23.2 Å². The van der Waals surface area contributed by atoms with Crippen molar-refractivity contribution < 1.29 is 28.0 Å². The number of likely N-dealkylation sites (tertiary alicyclic amines) is 1. The van der Waals surface area contributed by atoms with Crippen molar-refractivity contribution in [2.24, 2.45) is 0 Å². The molecule has 2 N–H and O–H groups in total. The summed E-state index contributed by atoms with van der Waals surface area (Å²) in [6.45, 7) is 17.8. The summed E-state index contributed by atoms with van der Waals surface area (Å²) in [7, 11) is -0.737. The molecule has 1 aliphatic carbocycles. The van der Waals surface area contributed by atoms with Crippen LogP contribution in [0.1, 0.15) is 57.1 Å². The standard InChI is InChI=1S/C35H50ClFN6O5Si/c1-20-31(30-21(2)41-47-22(30)3)39-33(40-32(20)38-29-14-15-43(18-28(29)37)23-10-11-23)26-16-24(12-13-27(26)36)46-19-25(17-42(7)34(44)45)48-49(8,9)35(4,5)6/h12-13,16,23,25,28-29H,10-11,14-15,17-19H2,1-9H3,(H,44,45)(H,38,39,40)/t25-,28-,29+/m1/s1. The maximum Gasteiger partial charge on any atom is 0.407 e. The van der Waals surface area contributed by atoms with Crippen LogP contribution >= 0.6 is 11.6 Å². The van der Waals surface area contributed by atoms with Crippen molar-refractivity contribution in [3.63, 3.8) is 0 Å². The second-order valence-electron chi connectivity index (χ2n) is 15.0. The molecule has 11 nitrogen and oxygen atoms in total. The lowest BCUT2D eigenvalue weighted by Crippen LogP contribution is -2.49. The molecule has 5 rings (SSSR count). The van der Waals surface area contributed by atoms with Crippen LogP contribution in [0, 0.1) is 20.8 Å². The molecule has 2 aliphatic rings. The van der Waals surface area contributed by atoms with Gasteiger partial charge < -0.3 is 29.0 Å². The summed E-state index contributed by atoms with van der Waals surface area (Å²) < 4.78 is 33.9. The third kappa shape index (κ3) is 8.55. The number of aromatic nitrogens is 3. The van der Waals surface area contributed by atoms with E-state index in [1.807, 2.05) is 20.8 Å². The number of hydrogen-bond donors (Lipinski definition) is 2. The largest absolute Gasteiger partial charge is 0.491 e. The molecule has 2 aromatic heterocycles. The van der Waals surface area contributed by atoms with Crippen molar-refractivity contribution in [2.75, 3.05) is 38.6 Å². The van der Waals surface area contributed by atoms with Gasteiger partial charge in [0.2, 0.25) is 0 Å². The van der Waals surface area contributed by atoms with Crippen LogP contribution in [0.15, 0.2) is 22.7 Å². The van der Waals surface area contributed by atoms with Gasteiger partial charge in [0.25, 0.3) is 0 Å². The highest BCUT2D eigenvalue weighted by Crippen LogP contribution is 2.39. The molecule has 3 heterocycles. The lowest BCUT2D eigenvalue weighted by atomic mass is 10.0. The SMILES string of the molecule is Cc1noc(C)c1-c1nc(-c2cc(OC[C@@H](CN(C)C(=O)O)O[Si](C)(C)C(C)(C)C)ccc2Cl)nc(N[C@H]2CCN(C3CC3)C[C@H]2F)c1C. The van der Waals surface area contributed by atoms with Crippen LogP contribution in [0.3, 0.4) is 0 Å². The number of alkyl halides is 1. The molecule has 14 heteroatoms. The normalized spacial score (nSPS) is 19.5. The van der Waals surface area contributed by atoms with Crippen LogP contribution in [-0.2, 0) is 4.43 Å². The van der Waals surface area contributed by atoms with Crippen LogP contribution in [0.25, 0.3) is 22.6 Å². The molecular formula is C35H50ClFN6O5Si. The van der Waals surface area contributed by atoms with Gasteiger partial charge in [-0.15, -0.1) is 0 Å². The van der Waals surface area contributed by atoms with Crippen molar-refractivity contribution >= 4 is 31.8 Å². The molecule has 49 heavy (non-hydrogen) atoms. The Labute approximate surface area is 294 Å². The highest BCUT2D eigenvalue weighted by molar-refractivity contribution is 6.74. The first-order valence-electron chi connectivity index (χ1n) is 17.0. The summed E-state index contributed by atoms with van der Waals surface area (Å²) in [6, 6.07) is 5.35. The van der Waals surface area contributed by atoms with Crippen molar-refractivity contribution in [2.45, 2.75) is 103 Å². The Morgan fingerprint density at radius 3 is 2.53 bits per heavy atom. The van der Waals surface area contributed by atoms with E-state index in [0.29, 0.717) is 64.1 Å². The zero-order valence-electron chi connectivity index (χ0n) is 30.1. The molecule has 0 unspecified atom stereocenters. The number of nitrogens with one attached hydrogen (secondary N) is 1. The molecule has 1 amide bonds. The number of piperidine rings is 1. The monoisotopic (exact) mass is 716 g/mol. The molecule has 0 bridgehead atoms. The van der Waals surface area contributed by atoms with Gasteiger partial charge in [0.15, 0.2) is 14.1 Å². The smallest absolute Gasteiger partial charge is 0.407 e. The van der Waals surface area contributed by atoms with Gasteiger partial charge in [0.1, 0.15) is 30.1 Å². The Hall–Kier alpha value is -3.26. The number of carbonyl (C=O) groups is 1. The van der Waals surface area contributed by atoms with Crippen molar-refractivity contribution in [3.05, 3.63) is 40.2 Å². The Morgan fingerprint density at radius 2 is 1.94 bits per heavy atom. The Morgan fingerprint density at radius 1 is 1.22 bits per heavy atom. The molecule has 0 radical (unpaired) electrons. The van der Waals surface area contributed by atoms with E-state index < -0.39 is 32.7 Å². The summed E-state index contributed by atoms with van der Waals surface area (Å²) >= 11 is 6.79. The number of carboxylic acid groups (broad SMARTS) is 1. The van der Waals surface area contributed by atoms with Crippen molar-refractivity contribution in [1.29, 1.82) is 0 Å². The zero-order chi connectivity index (χ0) is 35.8. The Kier molecular flexibility index (Phi) is 11.0. The van der Waals surface area contributed by atoms with Gasteiger partial charge >= 0.3 is 6.09 Å². The second kappa shape index (κ2) is 14.5. The van der Waals surface area contributed by atoms with Crippen LogP contribution in [0.4, 0.5) is 15.0 Å². The van der Waals surface area contributed by atoms with Crippen molar-refractivity contribution in [3.8, 4) is 28.4 Å². The second-order valence-corrected chi connectivity index (χ2v) is 20.1. The number of halogens is 2. The van der Waals surface area contributed by atoms with Gasteiger partial charge in [0.05, 0.1) is 40.7 Å². The number of amides is 1. The number of nitrogens with zero attached hydrogens (tertiary/aromatic N) is 5. The third-order valence-corrected chi connectivity index (χ3v) is 14.9. The highest BCUT2D eigenvalue weighted by Gasteiger charge is 2.40. The van der Waals surface area contributed by atoms with Crippen LogP contribution in [0.5, 0.6) is 5.75 Å². The number of anilines is 1. The highest BCUT2D eigenvalue weighted by atomic mass is 35.5. The average molecular weight is 717 g/mol. The Bertz CT molecular complexity index is 1640. The number of hydrogen-bond acceptors (Lipinski definition) is 9. The van der Waals surface area contributed by atoms with E-state index in [1.54, 1.807) is 18.2 Å². The minimum absolute atomic E-state index is 0.0790. The molecule has 3 aromatic rings. The summed E-state index contributed by atoms with van der Waals surface area (Å²) in [5, 5.41) is 17.5. The quantitative estimate of drug-likeness (QED) is 0.180. The number of ether oxygens (including phenoxy) is 1. The molecular weight excluding hydrogens is 667 g/mol. The maximum atomic E-state index is 15.5. The molecule has 2 fully saturated rings. The molecule has 1 saturated heterocycles. The zero-order valence-corrected chi connectivity index (χ0v) is 31.8. The van der Waals surface area contributed by atoms with E-state index >= 15 is 4.39 Å². The lowest BCUT2D eigenvalue weighted by Gasteiger charge is -2.39. The maximum absolute atomic E-state index is 15.5. The predicted molar refractivity (Wildman–Crippen MR) is 192 cm³/mol. The molecule has 268 valence electrons. The number of aryl methyl sites for hydroxylation is 2. The first kappa shape index (κ1) is 37.0. The fraction of sp³-hybridized carbons (Fsp3) is 0.600. The summed E-state index contributed by atoms with van der Waals surface area (Å²) in [4.78, 5) is 25.0. The van der Waals surface area contributed by atoms with Gasteiger partial charge in [-0.1, -0.05) is 37.5 Å². The number of rotatable bonds is 12. The van der Waals surface area contributed by atoms with E-state index in [2.05, 4.69) is 49.2 Å². The van der Waals surface area contributed by atoms with Gasteiger partial charge in [0, 0.05) is 37.3 Å². The fourth-order valence-electron chi connectivity index (χ4n) is 5.94. The van der Waals surface area contributed by atoms with Gasteiger partial charge in [-0.05, 0) is 76.4 Å². The number of likely N-dealkylation sites (N-methyl/N-ethyl adjacent to an activating group) is 1. The minimum atomic E-state index is -2.25. The first-order chi connectivity index (χ1) is 22.9. The van der Waals surface area contributed by atoms with Gasteiger partial charge in [-0.25, -0.2) is 19.2 Å². The summed E-state index contributed by atoms with van der Waals surface area (Å²) in [6.07, 6.45) is 0.368. The molecule has 1 saturated carbocycles. The minimum Gasteiger partial charge on any atom is -0.491 e. The van der Waals surface area contributed by atoms with E-state index in [4.69, 9.17) is 35.3 Å². The summed E-state index contributed by atoms with van der Waals surface area (Å²) in [5.41, 5.74) is 3.34. The molecule has 3 atom stereocenters. The lowest BCUT2D eigenvalue weighted by molar-refractivity contribution is 0.0794. The van der Waals surface area contributed by atoms with E-state index in [-0.39, 0.29) is 18.2 Å². The third-order valence-electron chi connectivity index (χ3n) is 10.1. The van der Waals surface area contributed by atoms with Gasteiger partial charge in [-0.3, -0.25) is 4.90 Å². The van der Waals surface area contributed by atoms with Gasteiger partial charge in [-0.2, -0.15) is 0 Å². The predicted octanol–water partition coefficient (Wildman–Crippen LogP) is 7.74. The number of benzene rings is 1. The molecule has 1 aliphatic heterocycles. The molecule has 1 aromatic carbocycles. The van der Waals surface area contributed by atoms with E-state index in [9.17, 15) is 9.90 Å². The van der Waals surface area contributed by atoms with E-state index in [0.717, 1.165) is 30.5 Å². The average Bonchev–Trinajstić information content (AvgIpc) is 3.82. The molecule has 0 spiro atoms. The van der Waals surface area contributed by atoms with Crippen LogP contribution < -0.4 is 10.1 Å². The summed E-state index contributed by atoms with van der Waals surface area (Å²) in [5.74, 6) is 1.97. The Balaban J connectivity index is 1.46. The van der Waals surface area contributed by atoms with Crippen LogP contribution in [-0.4, -0.2) is 102 Å². The van der Waals surface area contributed by atoms with E-state index in [1.165, 1.54) is 11.9 Å². The van der Waals surface area contributed by atoms with Crippen molar-refractivity contribution in [1.82, 2.24) is 24.9 Å². The first-order valence-corrected chi connectivity index (χ1v) is 20.2.